The first kappa shape index (κ1) is 26.7. The third kappa shape index (κ3) is 7.28. The molecule has 2 N–H and O–H groups in total. The van der Waals surface area contributed by atoms with Crippen LogP contribution in [0.25, 0.3) is 0 Å². The van der Waals surface area contributed by atoms with Gasteiger partial charge in [-0.25, -0.2) is 9.59 Å². The monoisotopic (exact) mass is 478 g/mol. The van der Waals surface area contributed by atoms with Crippen LogP contribution in [0.4, 0.5) is 4.79 Å². The molecule has 3 fully saturated rings. The average Bonchev–Trinajstić information content (AvgIpc) is 3.36. The molecular formula is C25H42N4O5. The van der Waals surface area contributed by atoms with Crippen molar-refractivity contribution in [3.63, 3.8) is 0 Å². The first-order valence-electron chi connectivity index (χ1n) is 12.5. The van der Waals surface area contributed by atoms with E-state index in [1.165, 1.54) is 0 Å². The van der Waals surface area contributed by atoms with E-state index in [-0.39, 0.29) is 35.8 Å². The van der Waals surface area contributed by atoms with Crippen molar-refractivity contribution in [1.29, 1.82) is 0 Å². The highest BCUT2D eigenvalue weighted by molar-refractivity contribution is 5.88. The van der Waals surface area contributed by atoms with Crippen LogP contribution >= 0.6 is 0 Å². The maximum absolute atomic E-state index is 13.2. The lowest BCUT2D eigenvalue weighted by Gasteiger charge is -2.34. The van der Waals surface area contributed by atoms with Gasteiger partial charge in [0.2, 0.25) is 5.91 Å². The molecule has 4 atom stereocenters. The maximum atomic E-state index is 13.2. The van der Waals surface area contributed by atoms with Gasteiger partial charge in [0.05, 0.1) is 17.9 Å². The predicted molar refractivity (Wildman–Crippen MR) is 129 cm³/mol. The molecule has 3 heterocycles. The first-order valence-corrected chi connectivity index (χ1v) is 12.5. The molecule has 2 amide bonds. The second-order valence-corrected chi connectivity index (χ2v) is 11.7. The number of likely N-dealkylation sites (tertiary alicyclic amines) is 2. The molecule has 9 nitrogen and oxygen atoms in total. The van der Waals surface area contributed by atoms with E-state index in [1.54, 1.807) is 4.90 Å². The number of hydrogen-bond acceptors (Lipinski definition) is 7. The van der Waals surface area contributed by atoms with Crippen molar-refractivity contribution >= 4 is 17.9 Å². The van der Waals surface area contributed by atoms with Crippen LogP contribution in [-0.2, 0) is 19.1 Å². The van der Waals surface area contributed by atoms with Crippen molar-refractivity contribution in [3.8, 4) is 0 Å². The number of carbonyl (C=O) groups excluding carboxylic acids is 3. The van der Waals surface area contributed by atoms with E-state index in [2.05, 4.69) is 15.5 Å². The van der Waals surface area contributed by atoms with Crippen LogP contribution in [0.5, 0.6) is 0 Å². The van der Waals surface area contributed by atoms with Crippen LogP contribution in [-0.4, -0.2) is 90.0 Å². The van der Waals surface area contributed by atoms with Crippen molar-refractivity contribution in [1.82, 2.24) is 20.4 Å². The van der Waals surface area contributed by atoms with Gasteiger partial charge in [0.1, 0.15) is 17.6 Å². The van der Waals surface area contributed by atoms with Crippen LogP contribution < -0.4 is 10.6 Å². The third-order valence-corrected chi connectivity index (χ3v) is 6.40. The second kappa shape index (κ2) is 10.8. The molecule has 192 valence electrons. The fraction of sp³-hybridized carbons (Fsp3) is 0.840. The smallest absolute Gasteiger partial charge is 0.410 e. The summed E-state index contributed by atoms with van der Waals surface area (Å²) < 4.78 is 11.6. The molecule has 34 heavy (non-hydrogen) atoms. The Morgan fingerprint density at radius 3 is 2.53 bits per heavy atom. The van der Waals surface area contributed by atoms with Gasteiger partial charge < -0.3 is 19.7 Å². The van der Waals surface area contributed by atoms with Gasteiger partial charge in [-0.1, -0.05) is 0 Å². The van der Waals surface area contributed by atoms with Crippen LogP contribution in [0.15, 0.2) is 5.57 Å². The molecule has 0 aromatic rings. The highest BCUT2D eigenvalue weighted by Gasteiger charge is 2.43. The number of carbonyl (C=O) groups is 2. The molecule has 3 rings (SSSR count). The zero-order valence-electron chi connectivity index (χ0n) is 21.6. The molecule has 3 aliphatic rings. The molecule has 0 spiro atoms. The Hall–Kier alpha value is -1.93. The van der Waals surface area contributed by atoms with Crippen LogP contribution in [0.1, 0.15) is 67.2 Å². The summed E-state index contributed by atoms with van der Waals surface area (Å²) in [5.41, 5.74) is -0.268. The summed E-state index contributed by atoms with van der Waals surface area (Å²) in [7, 11) is 0. The van der Waals surface area contributed by atoms with Gasteiger partial charge in [0.15, 0.2) is 0 Å². The van der Waals surface area contributed by atoms with Gasteiger partial charge in [-0.2, -0.15) is 0 Å². The van der Waals surface area contributed by atoms with E-state index in [0.29, 0.717) is 38.2 Å². The van der Waals surface area contributed by atoms with Gasteiger partial charge in [0.25, 0.3) is 0 Å². The summed E-state index contributed by atoms with van der Waals surface area (Å²) in [6.07, 6.45) is 2.85. The van der Waals surface area contributed by atoms with E-state index in [1.807, 2.05) is 47.5 Å². The summed E-state index contributed by atoms with van der Waals surface area (Å²) >= 11 is 0. The fourth-order valence-electron chi connectivity index (χ4n) is 5.06. The summed E-state index contributed by atoms with van der Waals surface area (Å²) in [4.78, 5) is 41.0. The summed E-state index contributed by atoms with van der Waals surface area (Å²) in [5, 5.41) is 6.51. The summed E-state index contributed by atoms with van der Waals surface area (Å²) in [5.74, 6) is 1.99. The van der Waals surface area contributed by atoms with Crippen LogP contribution in [0.2, 0.25) is 0 Å². The minimum absolute atomic E-state index is 0.0220. The zero-order chi connectivity index (χ0) is 25.1. The summed E-state index contributed by atoms with van der Waals surface area (Å²) in [6.45, 7) is 14.7. The van der Waals surface area contributed by atoms with Crippen molar-refractivity contribution in [3.05, 3.63) is 5.57 Å². The van der Waals surface area contributed by atoms with E-state index in [9.17, 15) is 14.4 Å². The molecular weight excluding hydrogens is 436 g/mol. The standard InChI is InChI=1S/C25H42N4O5/c1-24(2,3)33-19-12-20(26-14-19)29-11-9-18(16-30)21(29)22(31)27-13-17-8-7-10-28(15-17)23(32)34-25(4,5)6/h17,19-21,26H,7-15H2,1-6H3,(H,27,31)/t17-,19+,20-,21+/m0/s1. The number of amides is 2. The molecule has 0 radical (unpaired) electrons. The number of ether oxygens (including phenoxy) is 2. The maximum Gasteiger partial charge on any atom is 0.410 e. The van der Waals surface area contributed by atoms with Crippen LogP contribution in [0, 0.1) is 5.92 Å². The lowest BCUT2D eigenvalue weighted by molar-refractivity contribution is -0.125. The molecule has 3 saturated heterocycles. The average molecular weight is 479 g/mol. The lowest BCUT2D eigenvalue weighted by Crippen LogP contribution is -2.52. The number of rotatable bonds is 5. The van der Waals surface area contributed by atoms with Gasteiger partial charge in [0, 0.05) is 44.7 Å². The molecule has 9 heteroatoms. The van der Waals surface area contributed by atoms with E-state index in [4.69, 9.17) is 9.47 Å². The number of hydrogen-bond donors (Lipinski definition) is 2. The molecule has 0 unspecified atom stereocenters. The largest absolute Gasteiger partial charge is 0.444 e. The Bertz CT molecular complexity index is 796. The van der Waals surface area contributed by atoms with E-state index in [0.717, 1.165) is 25.8 Å². The third-order valence-electron chi connectivity index (χ3n) is 6.40. The SMILES string of the molecule is CC(C)(C)OC(=O)N1CCC[C@@H](CNC(=O)[C@H]2C(=C=O)CCN2[C@H]2C[C@@H](OC(C)(C)C)CN2)C1. The number of nitrogens with zero attached hydrogens (tertiary/aromatic N) is 2. The Morgan fingerprint density at radius 2 is 1.88 bits per heavy atom. The van der Waals surface area contributed by atoms with Gasteiger partial charge >= 0.3 is 6.09 Å². The normalized spacial score (nSPS) is 28.6. The van der Waals surface area contributed by atoms with Crippen molar-refractivity contribution < 1.29 is 23.9 Å². The zero-order valence-corrected chi connectivity index (χ0v) is 21.6. The Morgan fingerprint density at radius 1 is 1.15 bits per heavy atom. The molecule has 0 saturated carbocycles. The molecule has 0 bridgehead atoms. The van der Waals surface area contributed by atoms with Crippen molar-refractivity contribution in [2.45, 2.75) is 96.7 Å². The minimum atomic E-state index is -0.617. The first-order chi connectivity index (χ1) is 15.9. The van der Waals surface area contributed by atoms with Gasteiger partial charge in [-0.3, -0.25) is 15.0 Å². The fourth-order valence-corrected chi connectivity index (χ4v) is 5.06. The quantitative estimate of drug-likeness (QED) is 0.584. The van der Waals surface area contributed by atoms with E-state index < -0.39 is 11.6 Å². The Kier molecular flexibility index (Phi) is 8.45. The van der Waals surface area contributed by atoms with Crippen molar-refractivity contribution in [2.24, 2.45) is 5.92 Å². The number of nitrogens with one attached hydrogen (secondary N) is 2. The number of piperidine rings is 1. The molecule has 0 aliphatic carbocycles. The molecule has 0 aromatic carbocycles. The topological polar surface area (TPSA) is 100 Å². The highest BCUT2D eigenvalue weighted by Crippen LogP contribution is 2.29. The second-order valence-electron chi connectivity index (χ2n) is 11.7. The van der Waals surface area contributed by atoms with E-state index >= 15 is 0 Å². The van der Waals surface area contributed by atoms with Crippen molar-refractivity contribution in [2.75, 3.05) is 32.7 Å². The summed E-state index contributed by atoms with van der Waals surface area (Å²) in [6, 6.07) is -0.617. The lowest BCUT2D eigenvalue weighted by atomic mass is 9.98. The van der Waals surface area contributed by atoms with Gasteiger partial charge in [-0.15, -0.1) is 0 Å². The van der Waals surface area contributed by atoms with Crippen LogP contribution in [0.3, 0.4) is 0 Å². The Labute approximate surface area is 203 Å². The predicted octanol–water partition coefficient (Wildman–Crippen LogP) is 2.09. The highest BCUT2D eigenvalue weighted by atomic mass is 16.6. The van der Waals surface area contributed by atoms with Gasteiger partial charge in [-0.05, 0) is 66.7 Å². The Balaban J connectivity index is 1.56. The minimum Gasteiger partial charge on any atom is -0.444 e. The molecule has 3 aliphatic heterocycles. The molecule has 0 aromatic heterocycles.